The van der Waals surface area contributed by atoms with Gasteiger partial charge in [-0.1, -0.05) is 35.9 Å². The second kappa shape index (κ2) is 7.89. The average Bonchev–Trinajstić information content (AvgIpc) is 2.69. The van der Waals surface area contributed by atoms with E-state index >= 15 is 0 Å². The Kier molecular flexibility index (Phi) is 5.14. The molecule has 0 atom stereocenters. The maximum atomic E-state index is 13.0. The highest BCUT2D eigenvalue weighted by Gasteiger charge is 2.14. The Balaban J connectivity index is 1.86. The molecule has 0 saturated carbocycles. The predicted octanol–water partition coefficient (Wildman–Crippen LogP) is 5.58. The fourth-order valence-corrected chi connectivity index (χ4v) is 3.19. The molecule has 0 fully saturated rings. The number of aromatic nitrogens is 1. The van der Waals surface area contributed by atoms with E-state index in [-0.39, 0.29) is 11.5 Å². The summed E-state index contributed by atoms with van der Waals surface area (Å²) < 4.78 is 5.98. The molecule has 29 heavy (non-hydrogen) atoms. The van der Waals surface area contributed by atoms with Gasteiger partial charge in [0.1, 0.15) is 17.0 Å². The smallest absolute Gasteiger partial charge is 0.262 e. The van der Waals surface area contributed by atoms with Crippen LogP contribution in [-0.2, 0) is 0 Å². The molecular formula is C23H18ClN3O2. The van der Waals surface area contributed by atoms with Gasteiger partial charge in [-0.25, -0.2) is 9.98 Å². The summed E-state index contributed by atoms with van der Waals surface area (Å²) in [6.07, 6.45) is 0. The average molecular weight is 404 g/mol. The molecule has 6 heteroatoms. The summed E-state index contributed by atoms with van der Waals surface area (Å²) in [6, 6.07) is 20.1. The molecule has 0 aliphatic heterocycles. The number of fused-ring (bicyclic) bond motifs is 1. The fraction of sp³-hybridized carbons (Fsp3) is 0.0870. The van der Waals surface area contributed by atoms with Crippen molar-refractivity contribution >= 4 is 40.0 Å². The molecule has 0 saturated heterocycles. The van der Waals surface area contributed by atoms with Gasteiger partial charge < -0.3 is 9.73 Å². The third kappa shape index (κ3) is 4.20. The van der Waals surface area contributed by atoms with Crippen molar-refractivity contribution in [1.82, 2.24) is 4.98 Å². The number of para-hydroxylation sites is 1. The molecule has 2 aromatic heterocycles. The number of nitrogens with one attached hydrogen (secondary N) is 1. The van der Waals surface area contributed by atoms with Crippen molar-refractivity contribution in [2.24, 2.45) is 4.99 Å². The van der Waals surface area contributed by atoms with Gasteiger partial charge in [-0.15, -0.1) is 0 Å². The Morgan fingerprint density at radius 2 is 1.86 bits per heavy atom. The number of nitrogens with zero attached hydrogens (tertiary/aromatic N) is 2. The monoisotopic (exact) mass is 403 g/mol. The molecule has 1 amide bonds. The van der Waals surface area contributed by atoms with E-state index in [4.69, 9.17) is 16.0 Å². The van der Waals surface area contributed by atoms with Crippen molar-refractivity contribution in [3.05, 3.63) is 94.1 Å². The Morgan fingerprint density at radius 1 is 1.03 bits per heavy atom. The van der Waals surface area contributed by atoms with Crippen LogP contribution in [0.3, 0.4) is 0 Å². The molecule has 1 N–H and O–H groups in total. The topological polar surface area (TPSA) is 67.5 Å². The SMILES string of the molecule is Cc1cccc(NC(=O)c2cc3ccccc3oc2=Nc2ccc(Cl)cc2C)n1. The molecule has 2 aromatic carbocycles. The van der Waals surface area contributed by atoms with Crippen LogP contribution in [0.1, 0.15) is 21.6 Å². The Hall–Kier alpha value is -3.44. The van der Waals surface area contributed by atoms with Crippen LogP contribution in [-0.4, -0.2) is 10.9 Å². The van der Waals surface area contributed by atoms with Gasteiger partial charge in [-0.3, -0.25) is 4.79 Å². The number of pyridine rings is 1. The van der Waals surface area contributed by atoms with Crippen molar-refractivity contribution in [1.29, 1.82) is 0 Å². The van der Waals surface area contributed by atoms with Gasteiger partial charge in [0, 0.05) is 16.1 Å². The molecule has 0 spiro atoms. The zero-order chi connectivity index (χ0) is 20.4. The van der Waals surface area contributed by atoms with E-state index in [0.29, 0.717) is 27.7 Å². The molecule has 4 rings (SSSR count). The minimum Gasteiger partial charge on any atom is -0.438 e. The first-order valence-electron chi connectivity index (χ1n) is 9.08. The lowest BCUT2D eigenvalue weighted by atomic mass is 10.1. The zero-order valence-corrected chi connectivity index (χ0v) is 16.7. The number of carbonyl (C=O) groups excluding carboxylic acids is 1. The number of hydrogen-bond donors (Lipinski definition) is 1. The first-order chi connectivity index (χ1) is 14.0. The minimum absolute atomic E-state index is 0.222. The minimum atomic E-state index is -0.344. The van der Waals surface area contributed by atoms with Crippen LogP contribution in [0.4, 0.5) is 11.5 Å². The lowest BCUT2D eigenvalue weighted by molar-refractivity contribution is 0.102. The largest absolute Gasteiger partial charge is 0.438 e. The van der Waals surface area contributed by atoms with Crippen molar-refractivity contribution < 1.29 is 9.21 Å². The van der Waals surface area contributed by atoms with Crippen molar-refractivity contribution in [2.45, 2.75) is 13.8 Å². The highest BCUT2D eigenvalue weighted by molar-refractivity contribution is 6.30. The van der Waals surface area contributed by atoms with E-state index < -0.39 is 0 Å². The lowest BCUT2D eigenvalue weighted by Gasteiger charge is -2.07. The third-order valence-electron chi connectivity index (χ3n) is 4.41. The fourth-order valence-electron chi connectivity index (χ4n) is 2.96. The van der Waals surface area contributed by atoms with Gasteiger partial charge >= 0.3 is 0 Å². The molecule has 0 unspecified atom stereocenters. The normalized spacial score (nSPS) is 11.6. The standard InChI is InChI=1S/C23H18ClN3O2/c1-14-12-17(24)10-11-19(14)26-23-18(13-16-7-3-4-8-20(16)29-23)22(28)27-21-9-5-6-15(2)25-21/h3-13H,1-2H3,(H,25,27,28). The first-order valence-corrected chi connectivity index (χ1v) is 9.46. The number of benzene rings is 2. The number of anilines is 1. The van der Waals surface area contributed by atoms with E-state index in [0.717, 1.165) is 16.6 Å². The Labute approximate surface area is 172 Å². The van der Waals surface area contributed by atoms with Gasteiger partial charge in [0.15, 0.2) is 0 Å². The quantitative estimate of drug-likeness (QED) is 0.485. The molecule has 144 valence electrons. The van der Waals surface area contributed by atoms with Crippen LogP contribution >= 0.6 is 11.6 Å². The summed E-state index contributed by atoms with van der Waals surface area (Å²) in [5.74, 6) is 0.125. The van der Waals surface area contributed by atoms with Gasteiger partial charge in [0.25, 0.3) is 5.91 Å². The predicted molar refractivity (Wildman–Crippen MR) is 115 cm³/mol. The molecule has 0 radical (unpaired) electrons. The molecule has 5 nitrogen and oxygen atoms in total. The van der Waals surface area contributed by atoms with Crippen LogP contribution in [0.25, 0.3) is 11.0 Å². The van der Waals surface area contributed by atoms with Crippen molar-refractivity contribution in [3.63, 3.8) is 0 Å². The lowest BCUT2D eigenvalue weighted by Crippen LogP contribution is -2.22. The summed E-state index contributed by atoms with van der Waals surface area (Å²) in [5.41, 5.74) is 3.56. The van der Waals surface area contributed by atoms with E-state index in [1.165, 1.54) is 0 Å². The van der Waals surface area contributed by atoms with Crippen molar-refractivity contribution in [3.8, 4) is 0 Å². The number of halogens is 1. The van der Waals surface area contributed by atoms with Gasteiger partial charge in [0.2, 0.25) is 5.55 Å². The molecule has 0 aliphatic rings. The number of hydrogen-bond acceptors (Lipinski definition) is 4. The van der Waals surface area contributed by atoms with Crippen LogP contribution in [0.15, 0.2) is 76.1 Å². The van der Waals surface area contributed by atoms with Gasteiger partial charge in [0.05, 0.1) is 5.69 Å². The van der Waals surface area contributed by atoms with Crippen molar-refractivity contribution in [2.75, 3.05) is 5.32 Å². The van der Waals surface area contributed by atoms with E-state index in [9.17, 15) is 4.79 Å². The number of aryl methyl sites for hydroxylation is 2. The van der Waals surface area contributed by atoms with E-state index in [1.807, 2.05) is 56.3 Å². The summed E-state index contributed by atoms with van der Waals surface area (Å²) >= 11 is 6.05. The zero-order valence-electron chi connectivity index (χ0n) is 15.9. The maximum absolute atomic E-state index is 13.0. The number of carbonyl (C=O) groups is 1. The second-order valence-electron chi connectivity index (χ2n) is 6.66. The molecule has 0 aliphatic carbocycles. The maximum Gasteiger partial charge on any atom is 0.262 e. The summed E-state index contributed by atoms with van der Waals surface area (Å²) in [4.78, 5) is 22.0. The molecule has 4 aromatic rings. The molecule has 2 heterocycles. The summed E-state index contributed by atoms with van der Waals surface area (Å²) in [5, 5.41) is 4.25. The number of rotatable bonds is 3. The van der Waals surface area contributed by atoms with E-state index in [2.05, 4.69) is 15.3 Å². The van der Waals surface area contributed by atoms with Crippen LogP contribution < -0.4 is 10.9 Å². The summed E-state index contributed by atoms with van der Waals surface area (Å²) in [6.45, 7) is 3.77. The summed E-state index contributed by atoms with van der Waals surface area (Å²) in [7, 11) is 0. The van der Waals surface area contributed by atoms with Crippen LogP contribution in [0, 0.1) is 13.8 Å². The number of amides is 1. The molecule has 0 bridgehead atoms. The van der Waals surface area contributed by atoms with Crippen LogP contribution in [0.2, 0.25) is 5.02 Å². The van der Waals surface area contributed by atoms with E-state index in [1.54, 1.807) is 24.3 Å². The Bertz CT molecular complexity index is 1290. The highest BCUT2D eigenvalue weighted by Crippen LogP contribution is 2.22. The highest BCUT2D eigenvalue weighted by atomic mass is 35.5. The third-order valence-corrected chi connectivity index (χ3v) is 4.65. The van der Waals surface area contributed by atoms with Gasteiger partial charge in [-0.05, 0) is 61.9 Å². The van der Waals surface area contributed by atoms with Crippen LogP contribution in [0.5, 0.6) is 0 Å². The Morgan fingerprint density at radius 3 is 2.66 bits per heavy atom. The molecular weight excluding hydrogens is 386 g/mol. The first kappa shape index (κ1) is 18.9. The second-order valence-corrected chi connectivity index (χ2v) is 7.10. The van der Waals surface area contributed by atoms with Gasteiger partial charge in [-0.2, -0.15) is 0 Å².